The second kappa shape index (κ2) is 7.09. The van der Waals surface area contributed by atoms with Gasteiger partial charge in [-0.05, 0) is 25.3 Å². The monoisotopic (exact) mass is 359 g/mol. The van der Waals surface area contributed by atoms with Crippen LogP contribution in [0.5, 0.6) is 5.88 Å². The highest BCUT2D eigenvalue weighted by atomic mass is 32.1. The molecule has 0 aliphatic carbocycles. The summed E-state index contributed by atoms with van der Waals surface area (Å²) in [7, 11) is 0. The van der Waals surface area contributed by atoms with Gasteiger partial charge in [-0.25, -0.2) is 9.97 Å². The Morgan fingerprint density at radius 2 is 2.40 bits per heavy atom. The number of thiazole rings is 1. The molecule has 2 aromatic heterocycles. The number of hydrogen-bond acceptors (Lipinski definition) is 6. The van der Waals surface area contributed by atoms with Crippen LogP contribution in [0.3, 0.4) is 0 Å². The van der Waals surface area contributed by atoms with Crippen molar-refractivity contribution in [2.45, 2.75) is 25.4 Å². The Labute approximate surface area is 150 Å². The Morgan fingerprint density at radius 3 is 3.20 bits per heavy atom. The average molecular weight is 359 g/mol. The van der Waals surface area contributed by atoms with Crippen molar-refractivity contribution in [1.29, 1.82) is 0 Å². The molecule has 2 fully saturated rings. The van der Waals surface area contributed by atoms with Crippen LogP contribution in [-0.2, 0) is 4.74 Å². The number of likely N-dealkylation sites (tertiary alicyclic amines) is 1. The molecule has 2 aliphatic rings. The van der Waals surface area contributed by atoms with E-state index in [9.17, 15) is 4.79 Å². The summed E-state index contributed by atoms with van der Waals surface area (Å²) in [5, 5.41) is 1.81. The fourth-order valence-electron chi connectivity index (χ4n) is 3.80. The van der Waals surface area contributed by atoms with Gasteiger partial charge in [0.2, 0.25) is 5.88 Å². The second-order valence-electron chi connectivity index (χ2n) is 6.67. The van der Waals surface area contributed by atoms with Crippen LogP contribution in [0.1, 0.15) is 29.8 Å². The van der Waals surface area contributed by atoms with Crippen LogP contribution in [0.2, 0.25) is 0 Å². The van der Waals surface area contributed by atoms with Crippen molar-refractivity contribution < 1.29 is 14.3 Å². The predicted molar refractivity (Wildman–Crippen MR) is 93.8 cm³/mol. The standard InChI is InChI=1S/C18H21N3O3S/c22-17(14-10-25-13-20-14)21-8-5-15-18(11-21,6-3-9-23-15)12-24-16-4-1-2-7-19-16/h1-2,4,7,10,13,15H,3,5-6,8-9,11-12H2/t15-,18+/m1/s1. The number of piperidine rings is 1. The first kappa shape index (κ1) is 16.5. The Balaban J connectivity index is 1.51. The van der Waals surface area contributed by atoms with E-state index in [1.807, 2.05) is 28.5 Å². The Hall–Kier alpha value is -1.99. The molecule has 7 heteroatoms. The van der Waals surface area contributed by atoms with E-state index >= 15 is 0 Å². The molecule has 0 unspecified atom stereocenters. The Bertz CT molecular complexity index is 710. The van der Waals surface area contributed by atoms with Gasteiger partial charge in [0.25, 0.3) is 5.91 Å². The number of rotatable bonds is 4. The zero-order chi connectivity index (χ0) is 17.1. The molecule has 2 saturated heterocycles. The molecular formula is C18H21N3O3S. The third kappa shape index (κ3) is 3.39. The Kier molecular flexibility index (Phi) is 4.67. The lowest BCUT2D eigenvalue weighted by atomic mass is 9.73. The van der Waals surface area contributed by atoms with Gasteiger partial charge in [0.05, 0.1) is 18.2 Å². The molecule has 0 spiro atoms. The molecule has 0 N–H and O–H groups in total. The molecule has 132 valence electrons. The minimum Gasteiger partial charge on any atom is -0.477 e. The van der Waals surface area contributed by atoms with E-state index in [0.29, 0.717) is 31.3 Å². The summed E-state index contributed by atoms with van der Waals surface area (Å²) in [6.07, 6.45) is 4.67. The molecule has 0 radical (unpaired) electrons. The van der Waals surface area contributed by atoms with Crippen molar-refractivity contribution in [3.05, 3.63) is 41.0 Å². The van der Waals surface area contributed by atoms with Crippen molar-refractivity contribution in [2.24, 2.45) is 5.41 Å². The van der Waals surface area contributed by atoms with Crippen LogP contribution in [0, 0.1) is 5.41 Å². The number of pyridine rings is 1. The highest BCUT2D eigenvalue weighted by Crippen LogP contribution is 2.40. The lowest BCUT2D eigenvalue weighted by molar-refractivity contribution is -0.133. The number of hydrogen-bond donors (Lipinski definition) is 0. The van der Waals surface area contributed by atoms with Gasteiger partial charge in [-0.1, -0.05) is 6.07 Å². The first-order valence-electron chi connectivity index (χ1n) is 8.60. The lowest BCUT2D eigenvalue weighted by Gasteiger charge is -2.49. The number of carbonyl (C=O) groups is 1. The van der Waals surface area contributed by atoms with E-state index in [-0.39, 0.29) is 17.4 Å². The van der Waals surface area contributed by atoms with Gasteiger partial charge in [0, 0.05) is 42.8 Å². The van der Waals surface area contributed by atoms with Gasteiger partial charge in [0.15, 0.2) is 0 Å². The third-order valence-electron chi connectivity index (χ3n) is 5.07. The van der Waals surface area contributed by atoms with Crippen LogP contribution in [0.4, 0.5) is 0 Å². The van der Waals surface area contributed by atoms with Crippen LogP contribution >= 0.6 is 11.3 Å². The quantitative estimate of drug-likeness (QED) is 0.840. The molecule has 1 amide bonds. The van der Waals surface area contributed by atoms with Gasteiger partial charge in [-0.2, -0.15) is 0 Å². The van der Waals surface area contributed by atoms with E-state index in [1.165, 1.54) is 11.3 Å². The molecule has 2 aliphatic heterocycles. The van der Waals surface area contributed by atoms with Crippen molar-refractivity contribution >= 4 is 17.2 Å². The number of fused-ring (bicyclic) bond motifs is 1. The zero-order valence-electron chi connectivity index (χ0n) is 14.0. The van der Waals surface area contributed by atoms with Crippen molar-refractivity contribution in [3.63, 3.8) is 0 Å². The Morgan fingerprint density at radius 1 is 1.44 bits per heavy atom. The van der Waals surface area contributed by atoms with E-state index in [2.05, 4.69) is 9.97 Å². The molecule has 4 heterocycles. The molecule has 0 bridgehead atoms. The van der Waals surface area contributed by atoms with Crippen LogP contribution in [0.15, 0.2) is 35.3 Å². The molecule has 2 atom stereocenters. The normalized spacial score (nSPS) is 26.1. The molecule has 2 aromatic rings. The van der Waals surface area contributed by atoms with Gasteiger partial charge in [0.1, 0.15) is 5.69 Å². The summed E-state index contributed by atoms with van der Waals surface area (Å²) in [6.45, 7) is 2.64. The molecule has 0 saturated carbocycles. The van der Waals surface area contributed by atoms with Crippen LogP contribution < -0.4 is 4.74 Å². The summed E-state index contributed by atoms with van der Waals surface area (Å²) < 4.78 is 12.0. The maximum atomic E-state index is 12.7. The minimum absolute atomic E-state index is 0.00230. The SMILES string of the molecule is O=C(c1cscn1)N1CC[C@H]2OCCC[C@@]2(COc2ccccn2)C1. The third-order valence-corrected chi connectivity index (χ3v) is 5.66. The maximum absolute atomic E-state index is 12.7. The topological polar surface area (TPSA) is 64.6 Å². The first-order chi connectivity index (χ1) is 12.3. The molecular weight excluding hydrogens is 338 g/mol. The van der Waals surface area contributed by atoms with E-state index in [4.69, 9.17) is 9.47 Å². The van der Waals surface area contributed by atoms with Crippen molar-refractivity contribution in [2.75, 3.05) is 26.3 Å². The number of aromatic nitrogens is 2. The predicted octanol–water partition coefficient (Wildman–Crippen LogP) is 2.63. The highest BCUT2D eigenvalue weighted by Gasteiger charge is 2.48. The van der Waals surface area contributed by atoms with Crippen molar-refractivity contribution in [3.8, 4) is 5.88 Å². The molecule has 4 rings (SSSR count). The summed E-state index contributed by atoms with van der Waals surface area (Å²) in [6, 6.07) is 5.64. The number of amides is 1. The first-order valence-corrected chi connectivity index (χ1v) is 9.54. The second-order valence-corrected chi connectivity index (χ2v) is 7.39. The minimum atomic E-state index is -0.181. The average Bonchev–Trinajstić information content (AvgIpc) is 3.21. The van der Waals surface area contributed by atoms with Crippen LogP contribution in [-0.4, -0.2) is 53.2 Å². The summed E-state index contributed by atoms with van der Waals surface area (Å²) in [5.74, 6) is 0.617. The summed E-state index contributed by atoms with van der Waals surface area (Å²) in [4.78, 5) is 23.0. The highest BCUT2D eigenvalue weighted by molar-refractivity contribution is 7.07. The van der Waals surface area contributed by atoms with Crippen LogP contribution in [0.25, 0.3) is 0 Å². The fraction of sp³-hybridized carbons (Fsp3) is 0.500. The summed E-state index contributed by atoms with van der Waals surface area (Å²) >= 11 is 1.45. The van der Waals surface area contributed by atoms with Gasteiger partial charge in [-0.3, -0.25) is 4.79 Å². The van der Waals surface area contributed by atoms with Gasteiger partial charge in [-0.15, -0.1) is 11.3 Å². The number of ether oxygens (including phenoxy) is 2. The fourth-order valence-corrected chi connectivity index (χ4v) is 4.33. The van der Waals surface area contributed by atoms with Gasteiger partial charge < -0.3 is 14.4 Å². The van der Waals surface area contributed by atoms with E-state index < -0.39 is 0 Å². The summed E-state index contributed by atoms with van der Waals surface area (Å²) in [5.41, 5.74) is 2.05. The van der Waals surface area contributed by atoms with Gasteiger partial charge >= 0.3 is 0 Å². The zero-order valence-corrected chi connectivity index (χ0v) is 14.8. The lowest BCUT2D eigenvalue weighted by Crippen LogP contribution is -2.58. The maximum Gasteiger partial charge on any atom is 0.273 e. The molecule has 6 nitrogen and oxygen atoms in total. The van der Waals surface area contributed by atoms with E-state index in [1.54, 1.807) is 11.7 Å². The smallest absolute Gasteiger partial charge is 0.273 e. The largest absolute Gasteiger partial charge is 0.477 e. The molecule has 25 heavy (non-hydrogen) atoms. The van der Waals surface area contributed by atoms with Crippen molar-refractivity contribution in [1.82, 2.24) is 14.9 Å². The number of nitrogens with zero attached hydrogens (tertiary/aromatic N) is 3. The van der Waals surface area contributed by atoms with E-state index in [0.717, 1.165) is 25.9 Å². The molecule has 0 aromatic carbocycles. The number of carbonyl (C=O) groups excluding carboxylic acids is 1.